The maximum atomic E-state index is 15.2. The zero-order chi connectivity index (χ0) is 41.1. The van der Waals surface area contributed by atoms with Crippen molar-refractivity contribution in [1.29, 1.82) is 0 Å². The molecule has 1 amide bonds. The maximum Gasteiger partial charge on any atom is 0.261 e. The molecule has 0 spiro atoms. The van der Waals surface area contributed by atoms with Gasteiger partial charge in [-0.3, -0.25) is 9.59 Å². The zero-order valence-corrected chi connectivity index (χ0v) is 41.1. The largest absolute Gasteiger partial charge is 0.383 e. The van der Waals surface area contributed by atoms with Crippen molar-refractivity contribution in [2.75, 3.05) is 13.1 Å². The molecule has 2 unspecified atom stereocenters. The Kier molecular flexibility index (Phi) is 28.2. The van der Waals surface area contributed by atoms with Crippen LogP contribution in [-0.4, -0.2) is 29.7 Å². The summed E-state index contributed by atoms with van der Waals surface area (Å²) in [7, 11) is 0. The molecule has 2 heterocycles. The molecule has 8 heteroatoms. The number of unbranched alkanes of at least 4 members (excludes halogenated alkanes) is 16. The lowest BCUT2D eigenvalue weighted by molar-refractivity contribution is -0.124. The lowest BCUT2D eigenvalue weighted by Gasteiger charge is -2.27. The molecule has 56 heavy (non-hydrogen) atoms. The average molecular weight is 939 g/mol. The van der Waals surface area contributed by atoms with Crippen LogP contribution in [0, 0.1) is 11.8 Å². The molecule has 1 aromatic heterocycles. The van der Waals surface area contributed by atoms with Crippen molar-refractivity contribution in [3.05, 3.63) is 59.2 Å². The number of ketones is 1. The quantitative estimate of drug-likeness (QED) is 0.0320. The van der Waals surface area contributed by atoms with Crippen molar-refractivity contribution in [2.45, 2.75) is 196 Å². The van der Waals surface area contributed by atoms with E-state index in [4.69, 9.17) is 12.6 Å². The first-order chi connectivity index (χ1) is 27.1. The second kappa shape index (κ2) is 30.9. The van der Waals surface area contributed by atoms with E-state index in [1.807, 2.05) is 24.0 Å². The highest BCUT2D eigenvalue weighted by Gasteiger charge is 2.41. The highest BCUT2D eigenvalue weighted by molar-refractivity contribution is 9.11. The van der Waals surface area contributed by atoms with Gasteiger partial charge >= 0.3 is 0 Å². The van der Waals surface area contributed by atoms with Crippen LogP contribution >= 0.6 is 55.8 Å². The van der Waals surface area contributed by atoms with E-state index in [9.17, 15) is 4.79 Å². The monoisotopic (exact) mass is 936 g/mol. The molecular weight excluding hydrogens is 860 g/mol. The van der Waals surface area contributed by atoms with Crippen LogP contribution in [0.2, 0.25) is 0 Å². The summed E-state index contributed by atoms with van der Waals surface area (Å²) >= 11 is 14.0. The summed E-state index contributed by atoms with van der Waals surface area (Å²) in [5.41, 5.74) is 2.45. The fraction of sp³-hybridized carbons (Fsp3) is 0.708. The van der Waals surface area contributed by atoms with Crippen LogP contribution in [0.3, 0.4) is 0 Å². The van der Waals surface area contributed by atoms with Crippen LogP contribution in [0.25, 0.3) is 5.70 Å². The smallest absolute Gasteiger partial charge is 0.261 e. The Morgan fingerprint density at radius 3 is 1.64 bits per heavy atom. The van der Waals surface area contributed by atoms with E-state index in [1.54, 1.807) is 18.3 Å². The third kappa shape index (κ3) is 19.3. The van der Waals surface area contributed by atoms with E-state index in [0.29, 0.717) is 40.1 Å². The number of hydrogen-bond donors (Lipinski definition) is 2. The summed E-state index contributed by atoms with van der Waals surface area (Å²) in [4.78, 5) is 32.7. The molecule has 0 fully saturated rings. The number of nitrogens with one attached hydrogen (secondary N) is 1. The van der Waals surface area contributed by atoms with Gasteiger partial charge in [-0.25, -0.2) is 0 Å². The predicted molar refractivity (Wildman–Crippen MR) is 257 cm³/mol. The van der Waals surface area contributed by atoms with Crippen LogP contribution in [0.1, 0.15) is 201 Å². The minimum Gasteiger partial charge on any atom is -0.383 e. The lowest BCUT2D eigenvalue weighted by atomic mass is 9.93. The summed E-state index contributed by atoms with van der Waals surface area (Å²) < 4.78 is 1.96. The van der Waals surface area contributed by atoms with Gasteiger partial charge in [0.2, 0.25) is 0 Å². The molecule has 2 rings (SSSR count). The topological polar surface area (TPSA) is 49.4 Å². The number of thiol groups is 1. The second-order valence-corrected chi connectivity index (χ2v) is 20.5. The fourth-order valence-corrected chi connectivity index (χ4v) is 9.81. The Bertz CT molecular complexity index is 1410. The van der Waals surface area contributed by atoms with Crippen LogP contribution in [0.15, 0.2) is 54.3 Å². The molecule has 1 aliphatic rings. The van der Waals surface area contributed by atoms with Crippen LogP contribution in [-0.2, 0) is 9.59 Å². The first-order valence-corrected chi connectivity index (χ1v) is 25.5. The molecule has 0 bridgehead atoms. The number of halogens is 2. The third-order valence-electron chi connectivity index (χ3n) is 11.2. The minimum absolute atomic E-state index is 0.0753. The normalized spacial score (nSPS) is 15.9. The summed E-state index contributed by atoms with van der Waals surface area (Å²) in [6, 6.07) is 4.14. The Labute approximate surface area is 370 Å². The fourth-order valence-electron chi connectivity index (χ4n) is 7.96. The molecule has 0 aromatic carbocycles. The van der Waals surface area contributed by atoms with Gasteiger partial charge < -0.3 is 10.2 Å². The molecule has 0 saturated carbocycles. The Hall–Kier alpha value is -1.09. The highest BCUT2D eigenvalue weighted by atomic mass is 79.9. The molecule has 1 aliphatic heterocycles. The summed E-state index contributed by atoms with van der Waals surface area (Å²) in [6.07, 6.45) is 33.6. The minimum atomic E-state index is -0.0983. The Morgan fingerprint density at radius 2 is 1.20 bits per heavy atom. The number of carbonyl (C=O) groups excluding carboxylic acids is 2. The number of nitrogens with zero attached hydrogens (tertiary/aromatic N) is 1. The summed E-state index contributed by atoms with van der Waals surface area (Å²) in [5, 5.41) is 3.87. The first-order valence-electron chi connectivity index (χ1n) is 22.6. The predicted octanol–water partition coefficient (Wildman–Crippen LogP) is 16.3. The SMILES string of the molecule is CCCCCCCCC(CCCCCC)CN/C(=C1/C(=O)N(CC(CCCCCC)CCCCCCCC)C(C(/S)=C/C=C(\C)Br)=C1C(C)=O)c1ccc(Br)s1. The number of thiophene rings is 1. The summed E-state index contributed by atoms with van der Waals surface area (Å²) in [5.74, 6) is 0.690. The van der Waals surface area contributed by atoms with E-state index in [1.165, 1.54) is 141 Å². The first kappa shape index (κ1) is 51.1. The number of Topliss-reactive ketones (excluding diaryl/α,β-unsaturated/α-hetero) is 1. The van der Waals surface area contributed by atoms with Gasteiger partial charge in [0.05, 0.1) is 31.2 Å². The highest BCUT2D eigenvalue weighted by Crippen LogP contribution is 2.42. The van der Waals surface area contributed by atoms with E-state index in [0.717, 1.165) is 38.2 Å². The Balaban J connectivity index is 2.64. The van der Waals surface area contributed by atoms with Crippen LogP contribution < -0.4 is 5.32 Å². The third-order valence-corrected chi connectivity index (χ3v) is 13.5. The molecular formula is C48H78Br2N2O2S2. The van der Waals surface area contributed by atoms with Gasteiger partial charge in [0.1, 0.15) is 0 Å². The average Bonchev–Trinajstić information content (AvgIpc) is 3.73. The van der Waals surface area contributed by atoms with Gasteiger partial charge in [0, 0.05) is 18.0 Å². The second-order valence-electron chi connectivity index (χ2n) is 16.3. The molecule has 0 aliphatic carbocycles. The molecule has 2 atom stereocenters. The molecule has 0 radical (unpaired) electrons. The van der Waals surface area contributed by atoms with Gasteiger partial charge in [-0.2, -0.15) is 0 Å². The van der Waals surface area contributed by atoms with Crippen molar-refractivity contribution in [3.63, 3.8) is 0 Å². The number of carbonyl (C=O) groups is 2. The maximum absolute atomic E-state index is 15.2. The van der Waals surface area contributed by atoms with Crippen molar-refractivity contribution >= 4 is 73.2 Å². The van der Waals surface area contributed by atoms with E-state index < -0.39 is 0 Å². The van der Waals surface area contributed by atoms with Gasteiger partial charge in [-0.05, 0) is 90.0 Å². The van der Waals surface area contributed by atoms with E-state index >= 15 is 4.79 Å². The lowest BCUT2D eigenvalue weighted by Crippen LogP contribution is -2.33. The van der Waals surface area contributed by atoms with Crippen LogP contribution in [0.4, 0.5) is 0 Å². The number of amides is 1. The Morgan fingerprint density at radius 1 is 0.732 bits per heavy atom. The zero-order valence-electron chi connectivity index (χ0n) is 36.2. The molecule has 4 nitrogen and oxygen atoms in total. The van der Waals surface area contributed by atoms with Gasteiger partial charge in [-0.15, -0.1) is 24.0 Å². The van der Waals surface area contributed by atoms with Crippen molar-refractivity contribution in [1.82, 2.24) is 10.2 Å². The van der Waals surface area contributed by atoms with Gasteiger partial charge in [0.15, 0.2) is 5.78 Å². The van der Waals surface area contributed by atoms with E-state index in [2.05, 4.69) is 77.0 Å². The number of rotatable bonds is 33. The van der Waals surface area contributed by atoms with E-state index in [-0.39, 0.29) is 11.7 Å². The molecule has 1 aromatic rings. The molecule has 1 N–H and O–H groups in total. The van der Waals surface area contributed by atoms with Crippen molar-refractivity contribution < 1.29 is 9.59 Å². The molecule has 0 saturated heterocycles. The van der Waals surface area contributed by atoms with Gasteiger partial charge in [-0.1, -0.05) is 178 Å². The summed E-state index contributed by atoms with van der Waals surface area (Å²) in [6.45, 7) is 14.1. The van der Waals surface area contributed by atoms with Crippen molar-refractivity contribution in [3.8, 4) is 0 Å². The molecule has 318 valence electrons. The standard InChI is InChI=1S/C48H78Br2N2O2S2/c1-7-11-15-19-21-25-28-39(27-23-17-13-9-3)35-51-46(42-33-34-43(50)56-42)45-44(38(6)53)47(41(55)32-31-37(5)49)52(48(45)54)36-40(29-24-18-14-10-4)30-26-22-20-16-12-8-2/h31-34,39-40,51,55H,7-30,35-36H2,1-6H3/b37-31+,41-32-,46-45+. The van der Waals surface area contributed by atoms with Crippen molar-refractivity contribution in [2.24, 2.45) is 11.8 Å². The van der Waals surface area contributed by atoms with Crippen LogP contribution in [0.5, 0.6) is 0 Å². The van der Waals surface area contributed by atoms with Gasteiger partial charge in [0.25, 0.3) is 5.91 Å². The number of allylic oxidation sites excluding steroid dienone is 3. The number of hydrogen-bond acceptors (Lipinski definition) is 5.